The Morgan fingerprint density at radius 1 is 0.917 bits per heavy atom. The molecule has 3 aromatic carbocycles. The zero-order chi connectivity index (χ0) is 25.6. The molecule has 9 heteroatoms. The van der Waals surface area contributed by atoms with Gasteiger partial charge in [-0.1, -0.05) is 48.5 Å². The van der Waals surface area contributed by atoms with Crippen LogP contribution in [0.4, 0.5) is 5.69 Å². The van der Waals surface area contributed by atoms with E-state index in [1.165, 1.54) is 28.9 Å². The molecular formula is C27H21N3O6. The number of nitro groups is 1. The van der Waals surface area contributed by atoms with E-state index in [1.807, 2.05) is 6.07 Å². The van der Waals surface area contributed by atoms with Crippen LogP contribution in [0.1, 0.15) is 28.3 Å². The van der Waals surface area contributed by atoms with Gasteiger partial charge in [-0.2, -0.15) is 0 Å². The van der Waals surface area contributed by atoms with Crippen LogP contribution in [-0.2, 0) is 7.05 Å². The van der Waals surface area contributed by atoms with Crippen molar-refractivity contribution >= 4 is 16.7 Å². The van der Waals surface area contributed by atoms with Gasteiger partial charge in [0.15, 0.2) is 0 Å². The number of aromatic nitrogens is 2. The zero-order valence-electron chi connectivity index (χ0n) is 19.4. The van der Waals surface area contributed by atoms with Gasteiger partial charge in [-0.05, 0) is 31.2 Å². The van der Waals surface area contributed by atoms with Crippen molar-refractivity contribution in [3.8, 4) is 11.4 Å². The van der Waals surface area contributed by atoms with Gasteiger partial charge in [0.2, 0.25) is 0 Å². The monoisotopic (exact) mass is 483 g/mol. The quantitative estimate of drug-likeness (QED) is 0.225. The van der Waals surface area contributed by atoms with Gasteiger partial charge in [0, 0.05) is 24.4 Å². The largest absolute Gasteiger partial charge is 0.507 e. The Labute approximate surface area is 204 Å². The molecule has 5 rings (SSSR count). The Bertz CT molecular complexity index is 1750. The predicted molar refractivity (Wildman–Crippen MR) is 134 cm³/mol. The zero-order valence-corrected chi connectivity index (χ0v) is 19.4. The molecule has 0 unspecified atom stereocenters. The van der Waals surface area contributed by atoms with Gasteiger partial charge in [0.1, 0.15) is 11.3 Å². The molecule has 0 bridgehead atoms. The molecular weight excluding hydrogens is 462 g/mol. The number of para-hydroxylation sites is 3. The van der Waals surface area contributed by atoms with Gasteiger partial charge >= 0.3 is 5.63 Å². The van der Waals surface area contributed by atoms with Crippen LogP contribution in [0.5, 0.6) is 5.75 Å². The molecule has 1 atom stereocenters. The number of aromatic hydroxyl groups is 1. The first-order chi connectivity index (χ1) is 17.3. The molecule has 0 fully saturated rings. The lowest BCUT2D eigenvalue weighted by molar-refractivity contribution is -0.385. The highest BCUT2D eigenvalue weighted by Crippen LogP contribution is 2.41. The molecule has 0 saturated heterocycles. The second kappa shape index (κ2) is 8.70. The van der Waals surface area contributed by atoms with Crippen LogP contribution in [0, 0.1) is 17.0 Å². The average Bonchev–Trinajstić information content (AvgIpc) is 3.10. The second-order valence-electron chi connectivity index (χ2n) is 8.37. The molecule has 0 spiro atoms. The first kappa shape index (κ1) is 22.9. The molecule has 0 aliphatic carbocycles. The lowest BCUT2D eigenvalue weighted by atomic mass is 9.84. The smallest absolute Gasteiger partial charge is 0.344 e. The summed E-state index contributed by atoms with van der Waals surface area (Å²) in [5, 5.41) is 23.5. The van der Waals surface area contributed by atoms with E-state index in [0.29, 0.717) is 11.4 Å². The fourth-order valence-corrected chi connectivity index (χ4v) is 4.68. The van der Waals surface area contributed by atoms with Gasteiger partial charge in [0.25, 0.3) is 11.2 Å². The fraction of sp³-hybridized carbons (Fsp3) is 0.111. The van der Waals surface area contributed by atoms with E-state index in [4.69, 9.17) is 4.42 Å². The summed E-state index contributed by atoms with van der Waals surface area (Å²) in [5.41, 5.74) is -0.470. The number of fused-ring (bicyclic) bond motifs is 1. The third-order valence-corrected chi connectivity index (χ3v) is 6.44. The van der Waals surface area contributed by atoms with E-state index >= 15 is 0 Å². The summed E-state index contributed by atoms with van der Waals surface area (Å²) in [6.45, 7) is 1.69. The third kappa shape index (κ3) is 3.49. The minimum absolute atomic E-state index is 0.0893. The molecule has 1 N–H and O–H groups in total. The second-order valence-corrected chi connectivity index (χ2v) is 8.37. The molecule has 180 valence electrons. The van der Waals surface area contributed by atoms with Gasteiger partial charge in [-0.15, -0.1) is 0 Å². The van der Waals surface area contributed by atoms with Crippen molar-refractivity contribution < 1.29 is 14.4 Å². The maximum absolute atomic E-state index is 13.9. The summed E-state index contributed by atoms with van der Waals surface area (Å²) in [6.07, 6.45) is 0. The van der Waals surface area contributed by atoms with E-state index in [1.54, 1.807) is 67.2 Å². The minimum atomic E-state index is -1.27. The first-order valence-electron chi connectivity index (χ1n) is 11.1. The molecule has 9 nitrogen and oxygen atoms in total. The van der Waals surface area contributed by atoms with Crippen molar-refractivity contribution in [3.05, 3.63) is 132 Å². The molecule has 0 saturated carbocycles. The number of hydrogen-bond acceptors (Lipinski definition) is 6. The number of hydrogen-bond donors (Lipinski definition) is 1. The molecule has 2 heterocycles. The summed E-state index contributed by atoms with van der Waals surface area (Å²) < 4.78 is 8.54. The van der Waals surface area contributed by atoms with Gasteiger partial charge in [-0.25, -0.2) is 9.48 Å². The van der Waals surface area contributed by atoms with Crippen LogP contribution in [-0.4, -0.2) is 19.4 Å². The van der Waals surface area contributed by atoms with Crippen molar-refractivity contribution in [1.82, 2.24) is 9.36 Å². The fourth-order valence-electron chi connectivity index (χ4n) is 4.68. The first-order valence-corrected chi connectivity index (χ1v) is 11.1. The molecule has 0 amide bonds. The van der Waals surface area contributed by atoms with Gasteiger partial charge in [-0.3, -0.25) is 19.6 Å². The van der Waals surface area contributed by atoms with E-state index in [-0.39, 0.29) is 39.1 Å². The van der Waals surface area contributed by atoms with Crippen LogP contribution in [0.3, 0.4) is 0 Å². The molecule has 2 aromatic heterocycles. The SMILES string of the molecule is Cc1c([C@H](c2ccccc2[N+](=O)[O-])c2c(O)c3ccccc3oc2=O)c(=O)n(-c2ccccc2)n1C. The van der Waals surface area contributed by atoms with Gasteiger partial charge in [0.05, 0.1) is 33.0 Å². The Hall–Kier alpha value is -4.92. The third-order valence-electron chi connectivity index (χ3n) is 6.44. The van der Waals surface area contributed by atoms with Gasteiger partial charge < -0.3 is 9.52 Å². The average molecular weight is 483 g/mol. The molecule has 36 heavy (non-hydrogen) atoms. The predicted octanol–water partition coefficient (Wildman–Crippen LogP) is 4.38. The lowest BCUT2D eigenvalue weighted by Crippen LogP contribution is -2.25. The Balaban J connectivity index is 1.92. The van der Waals surface area contributed by atoms with Crippen molar-refractivity contribution in [2.24, 2.45) is 7.05 Å². The topological polar surface area (TPSA) is 121 Å². The van der Waals surface area contributed by atoms with E-state index in [2.05, 4.69) is 0 Å². The Kier molecular flexibility index (Phi) is 5.52. The van der Waals surface area contributed by atoms with Crippen LogP contribution in [0.2, 0.25) is 0 Å². The van der Waals surface area contributed by atoms with Crippen molar-refractivity contribution in [2.45, 2.75) is 12.8 Å². The van der Waals surface area contributed by atoms with Crippen LogP contribution < -0.4 is 11.2 Å². The van der Waals surface area contributed by atoms with Crippen LogP contribution >= 0.6 is 0 Å². The molecule has 0 radical (unpaired) electrons. The van der Waals surface area contributed by atoms with E-state index in [0.717, 1.165) is 0 Å². The molecule has 0 aliphatic rings. The maximum Gasteiger partial charge on any atom is 0.344 e. The van der Waals surface area contributed by atoms with Crippen molar-refractivity contribution in [3.63, 3.8) is 0 Å². The number of nitro benzene ring substituents is 1. The Morgan fingerprint density at radius 3 is 2.28 bits per heavy atom. The highest BCUT2D eigenvalue weighted by atomic mass is 16.6. The Morgan fingerprint density at radius 2 is 1.56 bits per heavy atom. The van der Waals surface area contributed by atoms with Crippen LogP contribution in [0.25, 0.3) is 16.7 Å². The van der Waals surface area contributed by atoms with E-state index < -0.39 is 22.0 Å². The summed E-state index contributed by atoms with van der Waals surface area (Å²) in [6, 6.07) is 21.2. The number of benzene rings is 3. The minimum Gasteiger partial charge on any atom is -0.507 e. The van der Waals surface area contributed by atoms with E-state index in [9.17, 15) is 24.8 Å². The highest BCUT2D eigenvalue weighted by molar-refractivity contribution is 5.84. The summed E-state index contributed by atoms with van der Waals surface area (Å²) >= 11 is 0. The summed E-state index contributed by atoms with van der Waals surface area (Å²) in [7, 11) is 1.69. The number of rotatable bonds is 5. The highest BCUT2D eigenvalue weighted by Gasteiger charge is 2.36. The summed E-state index contributed by atoms with van der Waals surface area (Å²) in [4.78, 5) is 38.6. The number of nitrogens with zero attached hydrogens (tertiary/aromatic N) is 3. The molecule has 0 aliphatic heterocycles. The van der Waals surface area contributed by atoms with Crippen molar-refractivity contribution in [1.29, 1.82) is 0 Å². The normalized spacial score (nSPS) is 12.1. The molecule has 5 aromatic rings. The standard InChI is InChI=1S/C27H21N3O6/c1-16-22(26(32)29(28(16)2)17-10-4-3-5-11-17)23(18-12-6-8-14-20(18)30(34)35)24-25(31)19-13-7-9-15-21(19)36-27(24)33/h3-15,23,31H,1-2H3/t23-/m0/s1. The van der Waals surface area contributed by atoms with Crippen molar-refractivity contribution in [2.75, 3.05) is 0 Å². The summed E-state index contributed by atoms with van der Waals surface area (Å²) in [5.74, 6) is -1.66. The lowest BCUT2D eigenvalue weighted by Gasteiger charge is -2.18. The van der Waals surface area contributed by atoms with Crippen LogP contribution in [0.15, 0.2) is 92.9 Å². The maximum atomic E-state index is 13.9.